The lowest BCUT2D eigenvalue weighted by atomic mass is 10.0. The molecule has 1 saturated heterocycles. The molecular formula is C15H19F3N2O2. The molecule has 1 fully saturated rings. The maximum atomic E-state index is 12.4. The minimum Gasteiger partial charge on any atom is -0.508 e. The van der Waals surface area contributed by atoms with Crippen molar-refractivity contribution in [1.82, 2.24) is 10.2 Å². The lowest BCUT2D eigenvalue weighted by molar-refractivity contribution is -0.157. The summed E-state index contributed by atoms with van der Waals surface area (Å²) in [5.41, 5.74) is 0.687. The van der Waals surface area contributed by atoms with Crippen molar-refractivity contribution >= 4 is 5.91 Å². The number of carbonyl (C=O) groups excluding carboxylic acids is 1. The fourth-order valence-electron chi connectivity index (χ4n) is 2.75. The Labute approximate surface area is 126 Å². The van der Waals surface area contributed by atoms with Crippen molar-refractivity contribution in [3.05, 3.63) is 29.8 Å². The summed E-state index contributed by atoms with van der Waals surface area (Å²) in [5.74, 6) is -0.361. The lowest BCUT2D eigenvalue weighted by Gasteiger charge is -2.23. The van der Waals surface area contributed by atoms with Crippen LogP contribution in [0.5, 0.6) is 5.75 Å². The highest BCUT2D eigenvalue weighted by Gasteiger charge is 2.38. The Balaban J connectivity index is 2.01. The summed E-state index contributed by atoms with van der Waals surface area (Å²) >= 11 is 0. The predicted molar refractivity (Wildman–Crippen MR) is 75.3 cm³/mol. The van der Waals surface area contributed by atoms with Crippen LogP contribution >= 0.6 is 0 Å². The molecule has 1 aromatic carbocycles. The van der Waals surface area contributed by atoms with Crippen LogP contribution in [-0.4, -0.2) is 41.2 Å². The molecule has 1 aromatic rings. The van der Waals surface area contributed by atoms with E-state index in [1.165, 1.54) is 0 Å². The molecule has 0 saturated carbocycles. The van der Waals surface area contributed by atoms with Gasteiger partial charge in [-0.2, -0.15) is 13.2 Å². The normalized spacial score (nSPS) is 20.5. The van der Waals surface area contributed by atoms with Crippen LogP contribution in [0, 0.1) is 0 Å². The molecule has 7 heteroatoms. The van der Waals surface area contributed by atoms with Crippen molar-refractivity contribution < 1.29 is 23.1 Å². The monoisotopic (exact) mass is 316 g/mol. The van der Waals surface area contributed by atoms with E-state index in [1.54, 1.807) is 24.3 Å². The summed E-state index contributed by atoms with van der Waals surface area (Å²) in [6.45, 7) is 0.730. The number of hydrogen-bond acceptors (Lipinski definition) is 3. The van der Waals surface area contributed by atoms with E-state index >= 15 is 0 Å². The topological polar surface area (TPSA) is 52.6 Å². The second kappa shape index (κ2) is 6.56. The first-order valence-corrected chi connectivity index (χ1v) is 7.18. The number of hydrogen-bond donors (Lipinski definition) is 2. The number of halogens is 3. The number of amides is 1. The van der Waals surface area contributed by atoms with E-state index in [-0.39, 0.29) is 30.8 Å². The Morgan fingerprint density at radius 2 is 2.09 bits per heavy atom. The van der Waals surface area contributed by atoms with E-state index in [1.807, 2.05) is 6.92 Å². The van der Waals surface area contributed by atoms with Gasteiger partial charge in [-0.1, -0.05) is 25.1 Å². The molecule has 0 unspecified atom stereocenters. The van der Waals surface area contributed by atoms with Gasteiger partial charge in [-0.25, -0.2) is 0 Å². The van der Waals surface area contributed by atoms with E-state index in [9.17, 15) is 23.1 Å². The summed E-state index contributed by atoms with van der Waals surface area (Å²) in [6.07, 6.45) is -3.69. The summed E-state index contributed by atoms with van der Waals surface area (Å²) in [7, 11) is 0. The number of para-hydroxylation sites is 1. The number of likely N-dealkylation sites (tertiary alicyclic amines) is 1. The largest absolute Gasteiger partial charge is 0.508 e. The average Bonchev–Trinajstić information content (AvgIpc) is 2.75. The molecule has 0 radical (unpaired) electrons. The van der Waals surface area contributed by atoms with Crippen molar-refractivity contribution in [3.63, 3.8) is 0 Å². The van der Waals surface area contributed by atoms with Gasteiger partial charge in [0.05, 0.1) is 0 Å². The Kier molecular flexibility index (Phi) is 4.95. The van der Waals surface area contributed by atoms with E-state index in [2.05, 4.69) is 5.32 Å². The number of phenols is 1. The Bertz CT molecular complexity index is 534. The Morgan fingerprint density at radius 3 is 2.68 bits per heavy atom. The fourth-order valence-corrected chi connectivity index (χ4v) is 2.75. The first-order valence-electron chi connectivity index (χ1n) is 7.18. The highest BCUT2D eigenvalue weighted by Crippen LogP contribution is 2.28. The van der Waals surface area contributed by atoms with Gasteiger partial charge in [0.2, 0.25) is 5.91 Å². The summed E-state index contributed by atoms with van der Waals surface area (Å²) in [6, 6.07) is 6.27. The number of aromatic hydroxyl groups is 1. The number of nitrogens with one attached hydrogen (secondary N) is 1. The molecule has 22 heavy (non-hydrogen) atoms. The van der Waals surface area contributed by atoms with Gasteiger partial charge in [0, 0.05) is 30.6 Å². The van der Waals surface area contributed by atoms with E-state index in [0.717, 1.165) is 4.90 Å². The first kappa shape index (κ1) is 16.6. The maximum Gasteiger partial charge on any atom is 0.406 e. The molecule has 2 atom stereocenters. The van der Waals surface area contributed by atoms with Gasteiger partial charge in [-0.05, 0) is 12.5 Å². The minimum absolute atomic E-state index is 0.0302. The van der Waals surface area contributed by atoms with Crippen LogP contribution in [0.15, 0.2) is 24.3 Å². The SMILES string of the molecule is CC[C@@H](N[C@H]1CC(=O)N(CC(F)(F)F)C1)c1ccccc1O. The van der Waals surface area contributed by atoms with E-state index in [0.29, 0.717) is 12.0 Å². The van der Waals surface area contributed by atoms with Crippen LogP contribution in [0.4, 0.5) is 13.2 Å². The molecule has 0 aliphatic carbocycles. The summed E-state index contributed by atoms with van der Waals surface area (Å²) in [4.78, 5) is 12.5. The molecule has 0 bridgehead atoms. The summed E-state index contributed by atoms with van der Waals surface area (Å²) in [5, 5.41) is 13.1. The molecule has 1 aliphatic rings. The van der Waals surface area contributed by atoms with Crippen molar-refractivity contribution in [2.75, 3.05) is 13.1 Å². The van der Waals surface area contributed by atoms with Crippen molar-refractivity contribution in [1.29, 1.82) is 0 Å². The van der Waals surface area contributed by atoms with Gasteiger partial charge in [0.25, 0.3) is 0 Å². The van der Waals surface area contributed by atoms with Gasteiger partial charge in [-0.15, -0.1) is 0 Å². The number of benzene rings is 1. The Morgan fingerprint density at radius 1 is 1.41 bits per heavy atom. The number of rotatable bonds is 5. The zero-order valence-corrected chi connectivity index (χ0v) is 12.2. The number of carbonyl (C=O) groups is 1. The van der Waals surface area contributed by atoms with E-state index in [4.69, 9.17) is 0 Å². The molecule has 1 heterocycles. The quantitative estimate of drug-likeness (QED) is 0.878. The van der Waals surface area contributed by atoms with Gasteiger partial charge >= 0.3 is 6.18 Å². The lowest BCUT2D eigenvalue weighted by Crippen LogP contribution is -2.38. The smallest absolute Gasteiger partial charge is 0.406 e. The highest BCUT2D eigenvalue weighted by atomic mass is 19.4. The molecule has 2 rings (SSSR count). The molecule has 1 aliphatic heterocycles. The zero-order chi connectivity index (χ0) is 16.3. The van der Waals surface area contributed by atoms with Crippen LogP contribution in [0.3, 0.4) is 0 Å². The second-order valence-corrected chi connectivity index (χ2v) is 5.48. The molecule has 1 amide bonds. The van der Waals surface area contributed by atoms with Crippen molar-refractivity contribution in [2.45, 2.75) is 38.0 Å². The molecule has 4 nitrogen and oxygen atoms in total. The predicted octanol–water partition coefficient (Wildman–Crippen LogP) is 2.60. The van der Waals surface area contributed by atoms with Crippen LogP contribution in [0.25, 0.3) is 0 Å². The number of nitrogens with zero attached hydrogens (tertiary/aromatic N) is 1. The number of phenolic OH excluding ortho intramolecular Hbond substituents is 1. The number of alkyl halides is 3. The van der Waals surface area contributed by atoms with Crippen LogP contribution in [0.1, 0.15) is 31.4 Å². The first-order chi connectivity index (χ1) is 10.3. The van der Waals surface area contributed by atoms with Gasteiger partial charge in [0.1, 0.15) is 12.3 Å². The van der Waals surface area contributed by atoms with Crippen LogP contribution < -0.4 is 5.32 Å². The molecule has 2 N–H and O–H groups in total. The average molecular weight is 316 g/mol. The van der Waals surface area contributed by atoms with Gasteiger partial charge in [-0.3, -0.25) is 4.79 Å². The molecular weight excluding hydrogens is 297 g/mol. The minimum atomic E-state index is -4.38. The van der Waals surface area contributed by atoms with Gasteiger partial charge in [0.15, 0.2) is 0 Å². The molecule has 122 valence electrons. The highest BCUT2D eigenvalue weighted by molar-refractivity contribution is 5.79. The van der Waals surface area contributed by atoms with E-state index < -0.39 is 18.6 Å². The Hall–Kier alpha value is -1.76. The van der Waals surface area contributed by atoms with Crippen LogP contribution in [0.2, 0.25) is 0 Å². The molecule has 0 aromatic heterocycles. The van der Waals surface area contributed by atoms with Crippen molar-refractivity contribution in [2.24, 2.45) is 0 Å². The van der Waals surface area contributed by atoms with Crippen LogP contribution in [-0.2, 0) is 4.79 Å². The third-order valence-corrected chi connectivity index (χ3v) is 3.74. The van der Waals surface area contributed by atoms with Gasteiger partial charge < -0.3 is 15.3 Å². The van der Waals surface area contributed by atoms with Crippen molar-refractivity contribution in [3.8, 4) is 5.75 Å². The fraction of sp³-hybridized carbons (Fsp3) is 0.533. The standard InChI is InChI=1S/C15H19F3N2O2/c1-2-12(11-5-3-4-6-13(11)21)19-10-7-14(22)20(8-10)9-15(16,17)18/h3-6,10,12,19,21H,2,7-9H2,1H3/t10-,12+/m0/s1. The maximum absolute atomic E-state index is 12.4. The zero-order valence-electron chi connectivity index (χ0n) is 12.2. The third kappa shape index (κ3) is 4.13. The second-order valence-electron chi connectivity index (χ2n) is 5.48. The summed E-state index contributed by atoms with van der Waals surface area (Å²) < 4.78 is 37.2. The third-order valence-electron chi connectivity index (χ3n) is 3.74. The molecule has 0 spiro atoms.